The van der Waals surface area contributed by atoms with Crippen molar-refractivity contribution in [3.63, 3.8) is 0 Å². The minimum Gasteiger partial charge on any atom is -0.321 e. The van der Waals surface area contributed by atoms with Crippen LogP contribution in [0.5, 0.6) is 0 Å². The second kappa shape index (κ2) is 4.48. The van der Waals surface area contributed by atoms with Crippen molar-refractivity contribution >= 4 is 7.60 Å². The minimum absolute atomic E-state index is 0. The molecule has 8 heavy (non-hydrogen) atoms. The van der Waals surface area contributed by atoms with E-state index in [9.17, 15) is 4.57 Å². The molecule has 0 fully saturated rings. The average Bonchev–Trinajstić information content (AvgIpc) is 1.30. The number of hydrogen-bond acceptors (Lipinski definition) is 1. The average molecular weight is 170 g/mol. The molecule has 0 aliphatic rings. The van der Waals surface area contributed by atoms with E-state index in [2.05, 4.69) is 0 Å². The van der Waals surface area contributed by atoms with Crippen LogP contribution in [0.15, 0.2) is 11.9 Å². The zero-order valence-corrected chi connectivity index (χ0v) is 6.86. The monoisotopic (exact) mass is 170 g/mol. The Morgan fingerprint density at radius 1 is 1.50 bits per heavy atom. The number of allylic oxidation sites excluding steroid dienone is 1. The molecule has 0 heterocycles. The van der Waals surface area contributed by atoms with Gasteiger partial charge in [0.15, 0.2) is 0 Å². The molecule has 46 valence electrons. The Kier molecular flexibility index (Phi) is 6.39. The summed E-state index contributed by atoms with van der Waals surface area (Å²) in [7, 11) is -3.85. The molecule has 0 aromatic heterocycles. The first-order valence-corrected chi connectivity index (χ1v) is 3.43. The summed E-state index contributed by atoms with van der Waals surface area (Å²) in [5, 5.41) is 0. The third kappa shape index (κ3) is 9.78. The van der Waals surface area contributed by atoms with Crippen molar-refractivity contribution in [1.82, 2.24) is 0 Å². The van der Waals surface area contributed by atoms with E-state index in [4.69, 9.17) is 9.79 Å². The van der Waals surface area contributed by atoms with E-state index in [1.54, 1.807) is 6.92 Å². The van der Waals surface area contributed by atoms with Crippen molar-refractivity contribution in [2.24, 2.45) is 0 Å². The van der Waals surface area contributed by atoms with Crippen LogP contribution in [0.2, 0.25) is 0 Å². The van der Waals surface area contributed by atoms with Crippen molar-refractivity contribution in [2.45, 2.75) is 6.92 Å². The van der Waals surface area contributed by atoms with Crippen LogP contribution in [0.25, 0.3) is 0 Å². The summed E-state index contributed by atoms with van der Waals surface area (Å²) in [5.74, 6) is 0.854. The third-order valence-electron chi connectivity index (χ3n) is 0.343. The molecule has 0 bridgehead atoms. The van der Waals surface area contributed by atoms with Gasteiger partial charge in [-0.2, -0.15) is 0 Å². The molecule has 0 rings (SSSR count). The second-order valence-electron chi connectivity index (χ2n) is 1.07. The Bertz CT molecular complexity index is 116. The molecule has 0 amide bonds. The van der Waals surface area contributed by atoms with E-state index in [1.807, 2.05) is 0 Å². The summed E-state index contributed by atoms with van der Waals surface area (Å²) in [6.07, 6.45) is 1.32. The zero-order valence-electron chi connectivity index (χ0n) is 4.40. The first-order chi connectivity index (χ1) is 3.06. The summed E-state index contributed by atoms with van der Waals surface area (Å²) in [6.45, 7) is 1.55. The summed E-state index contributed by atoms with van der Waals surface area (Å²) in [4.78, 5) is 16.1. The van der Waals surface area contributed by atoms with Gasteiger partial charge in [0.25, 0.3) is 0 Å². The second-order valence-corrected chi connectivity index (χ2v) is 2.55. The molecule has 3 nitrogen and oxygen atoms in total. The Balaban J connectivity index is 0. The largest absolute Gasteiger partial charge is 0.348 e. The summed E-state index contributed by atoms with van der Waals surface area (Å²) < 4.78 is 9.84. The fraction of sp³-hybridized carbons (Fsp3) is 0.333. The van der Waals surface area contributed by atoms with E-state index in [1.165, 1.54) is 6.08 Å². The van der Waals surface area contributed by atoms with E-state index in [-0.39, 0.29) is 21.7 Å². The topological polar surface area (TPSA) is 57.5 Å². The van der Waals surface area contributed by atoms with Crippen molar-refractivity contribution < 1.29 is 36.1 Å². The quantitative estimate of drug-likeness (QED) is 0.449. The van der Waals surface area contributed by atoms with Crippen molar-refractivity contribution in [2.75, 3.05) is 0 Å². The third-order valence-corrected chi connectivity index (χ3v) is 1.03. The van der Waals surface area contributed by atoms with Gasteiger partial charge in [0, 0.05) is 27.5 Å². The maximum Gasteiger partial charge on any atom is 0.348 e. The van der Waals surface area contributed by atoms with E-state index in [0.717, 1.165) is 5.82 Å². The van der Waals surface area contributed by atoms with Crippen LogP contribution in [-0.2, 0) is 26.3 Å². The molecule has 5 heteroatoms. The van der Waals surface area contributed by atoms with Gasteiger partial charge in [-0.15, -0.1) is 0 Å². The first-order valence-electron chi connectivity index (χ1n) is 1.75. The molecule has 0 atom stereocenters. The van der Waals surface area contributed by atoms with Gasteiger partial charge in [-0.1, -0.05) is 6.08 Å². The Morgan fingerprint density at radius 2 is 1.88 bits per heavy atom. The fourth-order valence-electron chi connectivity index (χ4n) is 0.194. The van der Waals surface area contributed by atoms with Crippen LogP contribution in [-0.4, -0.2) is 9.79 Å². The van der Waals surface area contributed by atoms with Crippen molar-refractivity contribution in [1.29, 1.82) is 0 Å². The summed E-state index contributed by atoms with van der Waals surface area (Å²) in [6, 6.07) is 0. The van der Waals surface area contributed by atoms with E-state index < -0.39 is 7.60 Å². The SMILES string of the molecule is CC=CP(=O)(O)O.[Ti]. The van der Waals surface area contributed by atoms with E-state index in [0.29, 0.717) is 0 Å². The van der Waals surface area contributed by atoms with Gasteiger partial charge < -0.3 is 9.79 Å². The standard InChI is InChI=1S/C3H7O3P.Ti/c1-2-3-7(4,5)6;/h2-3H,1H3,(H2,4,5,6);. The number of rotatable bonds is 1. The van der Waals surface area contributed by atoms with Crippen LogP contribution in [0.4, 0.5) is 0 Å². The maximum absolute atomic E-state index is 9.84. The van der Waals surface area contributed by atoms with Gasteiger partial charge in [0.1, 0.15) is 0 Å². The van der Waals surface area contributed by atoms with Gasteiger partial charge in [-0.05, 0) is 6.92 Å². The normalized spacial score (nSPS) is 11.4. The van der Waals surface area contributed by atoms with Crippen LogP contribution in [0.3, 0.4) is 0 Å². The molecule has 2 N–H and O–H groups in total. The van der Waals surface area contributed by atoms with E-state index >= 15 is 0 Å². The smallest absolute Gasteiger partial charge is 0.321 e. The molecule has 0 aliphatic carbocycles. The van der Waals surface area contributed by atoms with Crippen molar-refractivity contribution in [3.8, 4) is 0 Å². The van der Waals surface area contributed by atoms with Gasteiger partial charge in [-0.3, -0.25) is 4.57 Å². The zero-order chi connectivity index (χ0) is 5.91. The molecule has 0 unspecified atom stereocenters. The molecule has 0 aromatic carbocycles. The summed E-state index contributed by atoms with van der Waals surface area (Å²) >= 11 is 0. The van der Waals surface area contributed by atoms with Gasteiger partial charge in [-0.25, -0.2) is 0 Å². The molecular formula is C3H7O3PTi. The van der Waals surface area contributed by atoms with Gasteiger partial charge in [0.2, 0.25) is 0 Å². The Labute approximate surface area is 62.8 Å². The Hall–Kier alpha value is 0.604. The van der Waals surface area contributed by atoms with Crippen LogP contribution >= 0.6 is 7.60 Å². The molecular weight excluding hydrogens is 163 g/mol. The maximum atomic E-state index is 9.84. The van der Waals surface area contributed by atoms with Crippen molar-refractivity contribution in [3.05, 3.63) is 11.9 Å². The molecule has 0 spiro atoms. The van der Waals surface area contributed by atoms with Crippen LogP contribution in [0, 0.1) is 0 Å². The molecule has 0 saturated carbocycles. The minimum atomic E-state index is -3.85. The van der Waals surface area contributed by atoms with Gasteiger partial charge in [0.05, 0.1) is 0 Å². The predicted octanol–water partition coefficient (Wildman–Crippen LogP) is 0.695. The first kappa shape index (κ1) is 11.4. The van der Waals surface area contributed by atoms with Crippen LogP contribution in [0.1, 0.15) is 6.92 Å². The molecule has 0 radical (unpaired) electrons. The predicted molar refractivity (Wildman–Crippen MR) is 26.9 cm³/mol. The molecule has 0 aromatic rings. The molecule has 0 saturated heterocycles. The number of hydrogen-bond donors (Lipinski definition) is 2. The van der Waals surface area contributed by atoms with Crippen LogP contribution < -0.4 is 0 Å². The Morgan fingerprint density at radius 3 is 1.88 bits per heavy atom. The molecule has 0 aliphatic heterocycles. The van der Waals surface area contributed by atoms with Gasteiger partial charge >= 0.3 is 7.60 Å². The fourth-order valence-corrected chi connectivity index (χ4v) is 0.583. The summed E-state index contributed by atoms with van der Waals surface area (Å²) in [5.41, 5.74) is 0.